The molecule has 1 N–H and O–H groups in total. The molecule has 0 amide bonds. The van der Waals surface area contributed by atoms with Crippen molar-refractivity contribution >= 4 is 39.2 Å². The van der Waals surface area contributed by atoms with Crippen molar-refractivity contribution in [2.24, 2.45) is 0 Å². The summed E-state index contributed by atoms with van der Waals surface area (Å²) in [6.45, 7) is 0. The van der Waals surface area contributed by atoms with E-state index in [0.717, 1.165) is 39.7 Å². The van der Waals surface area contributed by atoms with Crippen LogP contribution in [0.3, 0.4) is 0 Å². The fourth-order valence-corrected chi connectivity index (χ4v) is 5.68. The van der Waals surface area contributed by atoms with E-state index >= 15 is 0 Å². The van der Waals surface area contributed by atoms with Crippen LogP contribution in [0.4, 0.5) is 28.4 Å². The minimum atomic E-state index is 0.830. The number of hydrogen-bond acceptors (Lipinski definition) is 3. The van der Waals surface area contributed by atoms with Crippen LogP contribution in [-0.4, -0.2) is 7.11 Å². The molecule has 7 aromatic rings. The molecule has 7 aromatic carbocycles. The van der Waals surface area contributed by atoms with Gasteiger partial charge in [-0.25, -0.2) is 0 Å². The first-order chi connectivity index (χ1) is 21.7. The summed E-state index contributed by atoms with van der Waals surface area (Å²) in [5.74, 6) is 0.830. The van der Waals surface area contributed by atoms with Gasteiger partial charge in [0.15, 0.2) is 0 Å². The number of hydrogen-bond donors (Lipinski definition) is 1. The first-order valence-electron chi connectivity index (χ1n) is 14.8. The summed E-state index contributed by atoms with van der Waals surface area (Å²) in [4.78, 5) is 2.35. The molecule has 0 spiro atoms. The zero-order chi connectivity index (χ0) is 29.7. The van der Waals surface area contributed by atoms with E-state index in [1.54, 1.807) is 7.11 Å². The zero-order valence-electron chi connectivity index (χ0n) is 24.5. The second kappa shape index (κ2) is 12.2. The van der Waals surface area contributed by atoms with Crippen molar-refractivity contribution in [3.63, 3.8) is 0 Å². The van der Waals surface area contributed by atoms with Crippen LogP contribution in [0.15, 0.2) is 170 Å². The van der Waals surface area contributed by atoms with Crippen molar-refractivity contribution in [1.29, 1.82) is 0 Å². The molecule has 0 atom stereocenters. The molecule has 0 saturated heterocycles. The maximum atomic E-state index is 5.35. The minimum Gasteiger partial charge on any atom is -0.497 e. The molecule has 0 heterocycles. The van der Waals surface area contributed by atoms with Crippen molar-refractivity contribution in [3.05, 3.63) is 170 Å². The molecule has 0 aliphatic rings. The topological polar surface area (TPSA) is 24.5 Å². The van der Waals surface area contributed by atoms with E-state index in [4.69, 9.17) is 4.74 Å². The number of anilines is 5. The third-order valence-corrected chi connectivity index (χ3v) is 7.94. The van der Waals surface area contributed by atoms with Crippen LogP contribution in [0.5, 0.6) is 5.75 Å². The van der Waals surface area contributed by atoms with Crippen LogP contribution < -0.4 is 15.0 Å². The molecule has 0 saturated carbocycles. The Bertz CT molecular complexity index is 1990. The van der Waals surface area contributed by atoms with Gasteiger partial charge < -0.3 is 15.0 Å². The lowest BCUT2D eigenvalue weighted by Gasteiger charge is -2.27. The molecule has 0 unspecified atom stereocenters. The molecule has 3 heteroatoms. The summed E-state index contributed by atoms with van der Waals surface area (Å²) < 4.78 is 5.35. The highest BCUT2D eigenvalue weighted by molar-refractivity contribution is 5.99. The predicted octanol–water partition coefficient (Wildman–Crippen LogP) is 11.4. The van der Waals surface area contributed by atoms with Gasteiger partial charge in [0.1, 0.15) is 5.75 Å². The molecular weight excluding hydrogens is 536 g/mol. The van der Waals surface area contributed by atoms with E-state index in [2.05, 4.69) is 156 Å². The van der Waals surface area contributed by atoms with Crippen molar-refractivity contribution in [1.82, 2.24) is 0 Å². The molecule has 0 aliphatic carbocycles. The number of ether oxygens (including phenoxy) is 1. The van der Waals surface area contributed by atoms with Crippen LogP contribution in [0.2, 0.25) is 0 Å². The van der Waals surface area contributed by atoms with Crippen LogP contribution in [-0.2, 0) is 0 Å². The highest BCUT2D eigenvalue weighted by Crippen LogP contribution is 2.40. The first-order valence-corrected chi connectivity index (χ1v) is 14.8. The Kier molecular flexibility index (Phi) is 7.51. The molecule has 0 bridgehead atoms. The van der Waals surface area contributed by atoms with E-state index in [1.165, 1.54) is 27.5 Å². The number of nitrogens with one attached hydrogen (secondary N) is 1. The summed E-state index contributed by atoms with van der Waals surface area (Å²) in [5, 5.41) is 5.89. The van der Waals surface area contributed by atoms with Gasteiger partial charge >= 0.3 is 0 Å². The van der Waals surface area contributed by atoms with E-state index < -0.39 is 0 Å². The second-order valence-electron chi connectivity index (χ2n) is 10.7. The summed E-state index contributed by atoms with van der Waals surface area (Å²) >= 11 is 0. The molecule has 0 fully saturated rings. The Balaban J connectivity index is 1.21. The standard InChI is InChI=1S/C41H32N2O/c1-44-39-14-8-13-36(29-39)42-35-23-17-31(18-24-35)33-21-27-38(28-22-33)43(41-16-7-12-34-11-5-6-15-40(34)41)37-25-19-32(20-26-37)30-9-3-2-4-10-30/h2-29,42H,1H3. The number of rotatable bonds is 8. The van der Waals surface area contributed by atoms with Crippen molar-refractivity contribution in [2.75, 3.05) is 17.3 Å². The van der Waals surface area contributed by atoms with Gasteiger partial charge in [-0.05, 0) is 82.2 Å². The van der Waals surface area contributed by atoms with Gasteiger partial charge in [-0.2, -0.15) is 0 Å². The fraction of sp³-hybridized carbons (Fsp3) is 0.0244. The Morgan fingerprint density at radius 3 is 1.66 bits per heavy atom. The molecule has 7 rings (SSSR count). The van der Waals surface area contributed by atoms with Gasteiger partial charge in [0.25, 0.3) is 0 Å². The van der Waals surface area contributed by atoms with E-state index in [0.29, 0.717) is 0 Å². The van der Waals surface area contributed by atoms with Gasteiger partial charge in [0, 0.05) is 34.2 Å². The Labute approximate surface area is 258 Å². The van der Waals surface area contributed by atoms with Crippen LogP contribution in [0, 0.1) is 0 Å². The molecule has 0 aliphatic heterocycles. The normalized spacial score (nSPS) is 10.8. The SMILES string of the molecule is COc1cccc(Nc2ccc(-c3ccc(N(c4ccc(-c5ccccc5)cc4)c4cccc5ccccc45)cc3)cc2)c1. The second-order valence-corrected chi connectivity index (χ2v) is 10.7. The predicted molar refractivity (Wildman–Crippen MR) is 186 cm³/mol. The van der Waals surface area contributed by atoms with Crippen LogP contribution in [0.25, 0.3) is 33.0 Å². The molecule has 44 heavy (non-hydrogen) atoms. The molecular formula is C41H32N2O. The van der Waals surface area contributed by atoms with Gasteiger partial charge in [0.05, 0.1) is 12.8 Å². The molecule has 0 radical (unpaired) electrons. The van der Waals surface area contributed by atoms with Gasteiger partial charge in [-0.3, -0.25) is 0 Å². The number of benzene rings is 7. The summed E-state index contributed by atoms with van der Waals surface area (Å²) in [7, 11) is 1.68. The van der Waals surface area contributed by atoms with E-state index in [-0.39, 0.29) is 0 Å². The highest BCUT2D eigenvalue weighted by Gasteiger charge is 2.16. The monoisotopic (exact) mass is 568 g/mol. The van der Waals surface area contributed by atoms with Crippen molar-refractivity contribution < 1.29 is 4.74 Å². The summed E-state index contributed by atoms with van der Waals surface area (Å²) in [6.07, 6.45) is 0. The van der Waals surface area contributed by atoms with Crippen LogP contribution in [0.1, 0.15) is 0 Å². The maximum absolute atomic E-state index is 5.35. The number of fused-ring (bicyclic) bond motifs is 1. The lowest BCUT2D eigenvalue weighted by Crippen LogP contribution is -2.10. The summed E-state index contributed by atoms with van der Waals surface area (Å²) in [5.41, 5.74) is 10.1. The molecule has 0 aromatic heterocycles. The van der Waals surface area contributed by atoms with Gasteiger partial charge in [-0.15, -0.1) is 0 Å². The largest absolute Gasteiger partial charge is 0.497 e. The lowest BCUT2D eigenvalue weighted by molar-refractivity contribution is 0.415. The van der Waals surface area contributed by atoms with Gasteiger partial charge in [-0.1, -0.05) is 109 Å². The quantitative estimate of drug-likeness (QED) is 0.197. The number of methoxy groups -OCH3 is 1. The maximum Gasteiger partial charge on any atom is 0.120 e. The minimum absolute atomic E-state index is 0.830. The Morgan fingerprint density at radius 2 is 1.00 bits per heavy atom. The van der Waals surface area contributed by atoms with Crippen molar-refractivity contribution in [3.8, 4) is 28.0 Å². The van der Waals surface area contributed by atoms with E-state index in [9.17, 15) is 0 Å². The van der Waals surface area contributed by atoms with Crippen LogP contribution >= 0.6 is 0 Å². The fourth-order valence-electron chi connectivity index (χ4n) is 5.68. The molecule has 212 valence electrons. The first kappa shape index (κ1) is 27.1. The zero-order valence-corrected chi connectivity index (χ0v) is 24.5. The average Bonchev–Trinajstić information content (AvgIpc) is 3.10. The smallest absolute Gasteiger partial charge is 0.120 e. The lowest BCUT2D eigenvalue weighted by atomic mass is 10.0. The third kappa shape index (κ3) is 5.64. The molecule has 3 nitrogen and oxygen atoms in total. The third-order valence-electron chi connectivity index (χ3n) is 7.94. The Hall–Kier alpha value is -5.80. The van der Waals surface area contributed by atoms with Crippen molar-refractivity contribution in [2.45, 2.75) is 0 Å². The number of nitrogens with zero attached hydrogens (tertiary/aromatic N) is 1. The van der Waals surface area contributed by atoms with Gasteiger partial charge in [0.2, 0.25) is 0 Å². The highest BCUT2D eigenvalue weighted by atomic mass is 16.5. The Morgan fingerprint density at radius 1 is 0.455 bits per heavy atom. The van der Waals surface area contributed by atoms with E-state index in [1.807, 2.05) is 24.3 Å². The summed E-state index contributed by atoms with van der Waals surface area (Å²) in [6, 6.07) is 59.8. The average molecular weight is 569 g/mol.